The third-order valence-electron chi connectivity index (χ3n) is 5.01. The molecule has 0 atom stereocenters. The number of carbonyl (C=O) groups excluding carboxylic acids is 1. The summed E-state index contributed by atoms with van der Waals surface area (Å²) in [5.41, 5.74) is 3.40. The zero-order chi connectivity index (χ0) is 23.7. The molecular weight excluding hydrogens is 430 g/mol. The molecule has 1 aromatic carbocycles. The molecule has 0 aliphatic carbocycles. The number of alkyl halides is 3. The highest BCUT2D eigenvalue weighted by Crippen LogP contribution is 2.39. The van der Waals surface area contributed by atoms with Gasteiger partial charge in [-0.25, -0.2) is 14.2 Å². The van der Waals surface area contributed by atoms with Crippen LogP contribution >= 0.6 is 0 Å². The van der Waals surface area contributed by atoms with Gasteiger partial charge in [-0.05, 0) is 32.9 Å². The number of benzene rings is 1. The van der Waals surface area contributed by atoms with Crippen LogP contribution in [0.15, 0.2) is 18.2 Å². The van der Waals surface area contributed by atoms with E-state index in [1.54, 1.807) is 25.7 Å². The number of nitrogens with zero attached hydrogens (tertiary/aromatic N) is 3. The number of anilines is 2. The third kappa shape index (κ3) is 5.70. The van der Waals surface area contributed by atoms with Crippen molar-refractivity contribution in [3.8, 4) is 0 Å². The summed E-state index contributed by atoms with van der Waals surface area (Å²) in [5.74, 6) is -0.684. The normalized spacial score (nSPS) is 15.8. The van der Waals surface area contributed by atoms with Crippen LogP contribution in [0.2, 0.25) is 0 Å². The largest absolute Gasteiger partial charge is 0.444 e. The molecule has 1 aliphatic heterocycles. The van der Waals surface area contributed by atoms with Gasteiger partial charge in [0.2, 0.25) is 0 Å². The van der Waals surface area contributed by atoms with Gasteiger partial charge in [0.05, 0.1) is 16.9 Å². The summed E-state index contributed by atoms with van der Waals surface area (Å²) in [4.78, 5) is 19.4. The van der Waals surface area contributed by atoms with Gasteiger partial charge >= 0.3 is 12.3 Å². The number of amides is 1. The average Bonchev–Trinajstić information content (AvgIpc) is 2.67. The van der Waals surface area contributed by atoms with Crippen molar-refractivity contribution in [3.05, 3.63) is 29.7 Å². The Kier molecular flexibility index (Phi) is 6.68. The van der Waals surface area contributed by atoms with E-state index < -0.39 is 29.0 Å². The molecule has 2 heterocycles. The minimum atomic E-state index is -4.76. The second-order valence-corrected chi connectivity index (χ2v) is 8.64. The van der Waals surface area contributed by atoms with Gasteiger partial charge in [-0.3, -0.25) is 4.90 Å². The average molecular weight is 457 g/mol. The monoisotopic (exact) mass is 457 g/mol. The number of piperazine rings is 1. The van der Waals surface area contributed by atoms with Crippen molar-refractivity contribution < 1.29 is 27.1 Å². The number of pyridine rings is 1. The number of hydrogen-bond acceptors (Lipinski definition) is 6. The third-order valence-corrected chi connectivity index (χ3v) is 5.01. The lowest BCUT2D eigenvalue weighted by Crippen LogP contribution is -2.50. The minimum Gasteiger partial charge on any atom is -0.444 e. The van der Waals surface area contributed by atoms with Crippen LogP contribution in [-0.2, 0) is 10.9 Å². The number of carbonyl (C=O) groups is 1. The first-order valence-electron chi connectivity index (χ1n) is 10.3. The smallest absolute Gasteiger partial charge is 0.435 e. The highest BCUT2D eigenvalue weighted by Gasteiger charge is 2.37. The summed E-state index contributed by atoms with van der Waals surface area (Å²) in [6.45, 7) is 8.44. The van der Waals surface area contributed by atoms with Gasteiger partial charge in [-0.1, -0.05) is 0 Å². The van der Waals surface area contributed by atoms with Crippen molar-refractivity contribution in [1.29, 1.82) is 0 Å². The minimum absolute atomic E-state index is 0.0784. The van der Waals surface area contributed by atoms with Crippen LogP contribution in [0.3, 0.4) is 0 Å². The topological polar surface area (TPSA) is 83.7 Å². The first-order valence-corrected chi connectivity index (χ1v) is 10.3. The summed E-state index contributed by atoms with van der Waals surface area (Å²) in [7, 11) is 0. The molecule has 2 aromatic rings. The number of nitrogens with one attached hydrogen (secondary N) is 1. The summed E-state index contributed by atoms with van der Waals surface area (Å²) in [6, 6.07) is 3.46. The molecule has 0 saturated carbocycles. The molecule has 3 rings (SSSR count). The Morgan fingerprint density at radius 2 is 1.84 bits per heavy atom. The van der Waals surface area contributed by atoms with E-state index in [1.807, 2.05) is 0 Å². The Hall–Kier alpha value is -2.82. The predicted octanol–water partition coefficient (Wildman–Crippen LogP) is 3.94. The van der Waals surface area contributed by atoms with Gasteiger partial charge in [0.25, 0.3) is 0 Å². The molecule has 32 heavy (non-hydrogen) atoms. The first-order chi connectivity index (χ1) is 14.8. The van der Waals surface area contributed by atoms with Crippen molar-refractivity contribution >= 4 is 28.4 Å². The maximum atomic E-state index is 13.6. The van der Waals surface area contributed by atoms with Crippen LogP contribution in [0, 0.1) is 5.82 Å². The van der Waals surface area contributed by atoms with E-state index in [0.29, 0.717) is 44.7 Å². The van der Waals surface area contributed by atoms with Crippen molar-refractivity contribution in [1.82, 2.24) is 14.8 Å². The van der Waals surface area contributed by atoms with E-state index >= 15 is 0 Å². The Bertz CT molecular complexity index is 983. The number of hydrogen-bond donors (Lipinski definition) is 2. The quantitative estimate of drug-likeness (QED) is 0.677. The van der Waals surface area contributed by atoms with E-state index in [9.17, 15) is 22.4 Å². The van der Waals surface area contributed by atoms with Crippen molar-refractivity contribution in [2.24, 2.45) is 0 Å². The van der Waals surface area contributed by atoms with Gasteiger partial charge in [-0.2, -0.15) is 13.2 Å². The SMILES string of the molecule is CC(C)(C)OC(=O)N1CCN(CCNc2c(N)c(C(F)(F)F)nc3cc(F)ccc23)CC1. The molecule has 3 N–H and O–H groups in total. The number of ether oxygens (including phenoxy) is 1. The van der Waals surface area contributed by atoms with Crippen LogP contribution in [0.4, 0.5) is 33.7 Å². The van der Waals surface area contributed by atoms with Crippen LogP contribution in [0.25, 0.3) is 10.9 Å². The zero-order valence-corrected chi connectivity index (χ0v) is 18.2. The molecule has 7 nitrogen and oxygen atoms in total. The second kappa shape index (κ2) is 8.97. The van der Waals surface area contributed by atoms with Crippen LogP contribution < -0.4 is 11.1 Å². The van der Waals surface area contributed by atoms with Gasteiger partial charge < -0.3 is 20.7 Å². The number of fused-ring (bicyclic) bond motifs is 1. The fraction of sp³-hybridized carbons (Fsp3) is 0.524. The van der Waals surface area contributed by atoms with E-state index in [-0.39, 0.29) is 17.3 Å². The highest BCUT2D eigenvalue weighted by atomic mass is 19.4. The number of nitrogens with two attached hydrogens (primary N) is 1. The Labute approximate surface area is 183 Å². The maximum Gasteiger partial charge on any atom is 0.435 e. The Morgan fingerprint density at radius 3 is 2.44 bits per heavy atom. The molecule has 0 radical (unpaired) electrons. The van der Waals surface area contributed by atoms with E-state index in [4.69, 9.17) is 10.5 Å². The Balaban J connectivity index is 1.65. The fourth-order valence-corrected chi connectivity index (χ4v) is 3.48. The molecule has 1 saturated heterocycles. The second-order valence-electron chi connectivity index (χ2n) is 8.64. The molecule has 1 aliphatic rings. The first kappa shape index (κ1) is 23.8. The fourth-order valence-electron chi connectivity index (χ4n) is 3.48. The lowest BCUT2D eigenvalue weighted by atomic mass is 10.1. The van der Waals surface area contributed by atoms with Gasteiger partial charge in [0, 0.05) is 50.7 Å². The molecule has 0 spiro atoms. The molecule has 0 bridgehead atoms. The number of aromatic nitrogens is 1. The Morgan fingerprint density at radius 1 is 1.19 bits per heavy atom. The predicted molar refractivity (Wildman–Crippen MR) is 114 cm³/mol. The lowest BCUT2D eigenvalue weighted by molar-refractivity contribution is -0.140. The lowest BCUT2D eigenvalue weighted by Gasteiger charge is -2.35. The summed E-state index contributed by atoms with van der Waals surface area (Å²) in [5, 5.41) is 3.28. The number of nitrogen functional groups attached to an aromatic ring is 1. The molecule has 176 valence electrons. The van der Waals surface area contributed by atoms with Gasteiger partial charge in [0.1, 0.15) is 11.4 Å². The molecule has 1 aromatic heterocycles. The van der Waals surface area contributed by atoms with Gasteiger partial charge in [0.15, 0.2) is 5.69 Å². The standard InChI is InChI=1S/C21H27F4N5O2/c1-20(2,3)32-19(31)30-10-8-29(9-11-30)7-6-27-17-14-5-4-13(22)12-15(14)28-18(16(17)26)21(23,24)25/h4-5,12H,6-11,26H2,1-3H3,(H,27,28). The summed E-state index contributed by atoms with van der Waals surface area (Å²) < 4.78 is 59.0. The summed E-state index contributed by atoms with van der Waals surface area (Å²) >= 11 is 0. The maximum absolute atomic E-state index is 13.6. The van der Waals surface area contributed by atoms with Gasteiger partial charge in [-0.15, -0.1) is 0 Å². The molecular formula is C21H27F4N5O2. The number of halogens is 4. The molecule has 0 unspecified atom stereocenters. The van der Waals surface area contributed by atoms with E-state index in [2.05, 4.69) is 15.2 Å². The molecule has 11 heteroatoms. The zero-order valence-electron chi connectivity index (χ0n) is 18.2. The van der Waals surface area contributed by atoms with Crippen molar-refractivity contribution in [3.63, 3.8) is 0 Å². The highest BCUT2D eigenvalue weighted by molar-refractivity contribution is 5.98. The van der Waals surface area contributed by atoms with E-state index in [1.165, 1.54) is 6.07 Å². The number of rotatable bonds is 4. The van der Waals surface area contributed by atoms with Crippen LogP contribution in [-0.4, -0.2) is 65.7 Å². The van der Waals surface area contributed by atoms with Crippen LogP contribution in [0.1, 0.15) is 26.5 Å². The van der Waals surface area contributed by atoms with Crippen molar-refractivity contribution in [2.45, 2.75) is 32.5 Å². The molecule has 1 fully saturated rings. The van der Waals surface area contributed by atoms with Crippen LogP contribution in [0.5, 0.6) is 0 Å². The van der Waals surface area contributed by atoms with E-state index in [0.717, 1.165) is 12.1 Å². The molecule has 1 amide bonds. The van der Waals surface area contributed by atoms with Crippen molar-refractivity contribution in [2.75, 3.05) is 50.3 Å². The summed E-state index contributed by atoms with van der Waals surface area (Å²) in [6.07, 6.45) is -5.13.